The summed E-state index contributed by atoms with van der Waals surface area (Å²) >= 11 is 3.99. The fraction of sp³-hybridized carbons (Fsp3) is 1.00. The van der Waals surface area contributed by atoms with Gasteiger partial charge in [-0.1, -0.05) is 22.9 Å². The molecule has 0 aromatic carbocycles. The molecule has 4 saturated carbocycles. The van der Waals surface area contributed by atoms with Crippen LogP contribution >= 0.6 is 15.9 Å². The van der Waals surface area contributed by atoms with Crippen LogP contribution in [0.5, 0.6) is 0 Å². The van der Waals surface area contributed by atoms with Crippen LogP contribution in [0.2, 0.25) is 0 Å². The number of hydrogen-bond acceptors (Lipinski definition) is 0. The van der Waals surface area contributed by atoms with Gasteiger partial charge in [0.15, 0.2) is 0 Å². The third-order valence-corrected chi connectivity index (χ3v) is 5.21. The van der Waals surface area contributed by atoms with E-state index in [-0.39, 0.29) is 0 Å². The first-order valence-corrected chi connectivity index (χ1v) is 6.05. The maximum atomic E-state index is 3.99. The lowest BCUT2D eigenvalue weighted by atomic mass is 9.50. The SMILES string of the molecule is CC12CC3CC(C1)CC(Br)(C3)C2. The van der Waals surface area contributed by atoms with Crippen molar-refractivity contribution in [1.82, 2.24) is 0 Å². The van der Waals surface area contributed by atoms with E-state index in [1.54, 1.807) is 6.42 Å². The number of rotatable bonds is 0. The Morgan fingerprint density at radius 3 is 2.08 bits per heavy atom. The van der Waals surface area contributed by atoms with E-state index < -0.39 is 0 Å². The monoisotopic (exact) mass is 228 g/mol. The Bertz CT molecular complexity index is 187. The van der Waals surface area contributed by atoms with Gasteiger partial charge in [-0.05, 0) is 55.8 Å². The molecule has 4 aliphatic carbocycles. The molecule has 4 fully saturated rings. The molecule has 0 saturated heterocycles. The van der Waals surface area contributed by atoms with Crippen LogP contribution in [0.25, 0.3) is 0 Å². The summed E-state index contributed by atoms with van der Waals surface area (Å²) in [5.41, 5.74) is 0.716. The maximum absolute atomic E-state index is 3.99. The van der Waals surface area contributed by atoms with Gasteiger partial charge in [-0.2, -0.15) is 0 Å². The Morgan fingerprint density at radius 2 is 1.67 bits per heavy atom. The van der Waals surface area contributed by atoms with E-state index in [1.165, 1.54) is 32.1 Å². The van der Waals surface area contributed by atoms with E-state index >= 15 is 0 Å². The van der Waals surface area contributed by atoms with Crippen LogP contribution in [0, 0.1) is 17.3 Å². The molecule has 0 heterocycles. The smallest absolute Gasteiger partial charge is 0.0268 e. The first-order valence-electron chi connectivity index (χ1n) is 5.26. The summed E-state index contributed by atoms with van der Waals surface area (Å²) in [5, 5.41) is 0. The molecule has 68 valence electrons. The van der Waals surface area contributed by atoms with E-state index in [0.717, 1.165) is 11.8 Å². The maximum Gasteiger partial charge on any atom is 0.0268 e. The average Bonchev–Trinajstić information content (AvgIpc) is 1.75. The van der Waals surface area contributed by atoms with Gasteiger partial charge in [-0.3, -0.25) is 0 Å². The van der Waals surface area contributed by atoms with Gasteiger partial charge in [0.25, 0.3) is 0 Å². The topological polar surface area (TPSA) is 0 Å². The number of alkyl halides is 1. The highest BCUT2D eigenvalue weighted by molar-refractivity contribution is 9.10. The minimum absolute atomic E-state index is 0.575. The summed E-state index contributed by atoms with van der Waals surface area (Å²) in [6.45, 7) is 2.51. The van der Waals surface area contributed by atoms with Crippen LogP contribution in [-0.2, 0) is 0 Å². The Balaban J connectivity index is 1.98. The van der Waals surface area contributed by atoms with Crippen LogP contribution in [0.3, 0.4) is 0 Å². The molecular weight excluding hydrogens is 212 g/mol. The van der Waals surface area contributed by atoms with Crippen LogP contribution in [0.15, 0.2) is 0 Å². The van der Waals surface area contributed by atoms with Gasteiger partial charge in [-0.25, -0.2) is 0 Å². The van der Waals surface area contributed by atoms with E-state index in [4.69, 9.17) is 0 Å². The third-order valence-electron chi connectivity index (χ3n) is 4.28. The molecular formula is C11H17Br. The van der Waals surface area contributed by atoms with E-state index in [1.807, 2.05) is 0 Å². The first kappa shape index (κ1) is 7.84. The highest BCUT2D eigenvalue weighted by atomic mass is 79.9. The molecule has 0 radical (unpaired) electrons. The second-order valence-corrected chi connectivity index (χ2v) is 7.60. The Labute approximate surface area is 83.2 Å². The highest BCUT2D eigenvalue weighted by Gasteiger charge is 2.54. The fourth-order valence-corrected chi connectivity index (χ4v) is 6.19. The van der Waals surface area contributed by atoms with Crippen molar-refractivity contribution in [2.75, 3.05) is 0 Å². The van der Waals surface area contributed by atoms with Crippen LogP contribution in [0.1, 0.15) is 45.4 Å². The molecule has 0 nitrogen and oxygen atoms in total. The summed E-state index contributed by atoms with van der Waals surface area (Å²) in [4.78, 5) is 0. The first-order chi connectivity index (χ1) is 5.57. The van der Waals surface area contributed by atoms with Crippen molar-refractivity contribution >= 4 is 15.9 Å². The third kappa shape index (κ3) is 1.01. The molecule has 12 heavy (non-hydrogen) atoms. The van der Waals surface area contributed by atoms with Crippen LogP contribution in [-0.4, -0.2) is 4.32 Å². The lowest BCUT2D eigenvalue weighted by Gasteiger charge is -2.59. The highest BCUT2D eigenvalue weighted by Crippen LogP contribution is 2.64. The van der Waals surface area contributed by atoms with Crippen molar-refractivity contribution in [3.63, 3.8) is 0 Å². The van der Waals surface area contributed by atoms with Crippen molar-refractivity contribution in [3.8, 4) is 0 Å². The van der Waals surface area contributed by atoms with Gasteiger partial charge in [0, 0.05) is 4.32 Å². The molecule has 4 bridgehead atoms. The quantitative estimate of drug-likeness (QED) is 0.555. The van der Waals surface area contributed by atoms with Gasteiger partial charge < -0.3 is 0 Å². The summed E-state index contributed by atoms with van der Waals surface area (Å²) in [5.74, 6) is 2.13. The standard InChI is InChI=1S/C11H17Br/c1-10-3-8-2-9(4-10)6-11(12,5-8)7-10/h8-9H,2-7H2,1H3. The fourth-order valence-electron chi connectivity index (χ4n) is 4.60. The summed E-state index contributed by atoms with van der Waals surface area (Å²) < 4.78 is 0.575. The van der Waals surface area contributed by atoms with Crippen LogP contribution in [0.4, 0.5) is 0 Å². The van der Waals surface area contributed by atoms with Gasteiger partial charge >= 0.3 is 0 Å². The predicted molar refractivity (Wildman–Crippen MR) is 54.4 cm³/mol. The largest absolute Gasteiger partial charge is 0.0853 e. The second-order valence-electron chi connectivity index (χ2n) is 5.92. The molecule has 0 aromatic heterocycles. The molecule has 2 atom stereocenters. The number of halogens is 1. The molecule has 1 heteroatoms. The number of hydrogen-bond donors (Lipinski definition) is 0. The van der Waals surface area contributed by atoms with Gasteiger partial charge in [0.1, 0.15) is 0 Å². The van der Waals surface area contributed by atoms with Crippen molar-refractivity contribution in [2.24, 2.45) is 17.3 Å². The zero-order chi connectivity index (χ0) is 8.40. The van der Waals surface area contributed by atoms with Gasteiger partial charge in [0.2, 0.25) is 0 Å². The zero-order valence-corrected chi connectivity index (χ0v) is 9.36. The predicted octanol–water partition coefficient (Wildman–Crippen LogP) is 3.74. The molecule has 2 unspecified atom stereocenters. The summed E-state index contributed by atoms with van der Waals surface area (Å²) in [6.07, 6.45) is 8.99. The summed E-state index contributed by atoms with van der Waals surface area (Å²) in [7, 11) is 0. The van der Waals surface area contributed by atoms with Crippen molar-refractivity contribution in [1.29, 1.82) is 0 Å². The molecule has 0 spiro atoms. The Morgan fingerprint density at radius 1 is 1.08 bits per heavy atom. The van der Waals surface area contributed by atoms with Crippen molar-refractivity contribution in [3.05, 3.63) is 0 Å². The van der Waals surface area contributed by atoms with Crippen molar-refractivity contribution < 1.29 is 0 Å². The molecule has 4 rings (SSSR count). The molecule has 0 aliphatic heterocycles. The van der Waals surface area contributed by atoms with Crippen molar-refractivity contribution in [2.45, 2.75) is 49.8 Å². The molecule has 0 aromatic rings. The average molecular weight is 229 g/mol. The zero-order valence-electron chi connectivity index (χ0n) is 7.78. The lowest BCUT2D eigenvalue weighted by molar-refractivity contribution is -0.0227. The molecule has 0 N–H and O–H groups in total. The Hall–Kier alpha value is 0.480. The molecule has 0 amide bonds. The Kier molecular flexibility index (Phi) is 1.38. The van der Waals surface area contributed by atoms with E-state index in [9.17, 15) is 0 Å². The van der Waals surface area contributed by atoms with Gasteiger partial charge in [-0.15, -0.1) is 0 Å². The van der Waals surface area contributed by atoms with Gasteiger partial charge in [0.05, 0.1) is 0 Å². The minimum Gasteiger partial charge on any atom is -0.0853 e. The normalized spacial score (nSPS) is 62.5. The van der Waals surface area contributed by atoms with Crippen LogP contribution < -0.4 is 0 Å². The minimum atomic E-state index is 0.575. The lowest BCUT2D eigenvalue weighted by Crippen LogP contribution is -2.51. The molecule has 4 aliphatic rings. The second kappa shape index (κ2) is 2.10. The van der Waals surface area contributed by atoms with E-state index in [0.29, 0.717) is 9.74 Å². The van der Waals surface area contributed by atoms with E-state index in [2.05, 4.69) is 22.9 Å². The summed E-state index contributed by atoms with van der Waals surface area (Å²) in [6, 6.07) is 0.